The highest BCUT2D eigenvalue weighted by Gasteiger charge is 2.44. The Hall–Kier alpha value is -5.61. The Bertz CT molecular complexity index is 2110. The number of carbonyl (C=O) groups is 4. The number of aryl methyl sites for hydroxylation is 1. The molecule has 3 aromatic carbocycles. The van der Waals surface area contributed by atoms with Crippen molar-refractivity contribution in [2.45, 2.75) is 90.4 Å². The molecule has 1 saturated heterocycles. The van der Waals surface area contributed by atoms with Crippen LogP contribution in [0, 0.1) is 12.3 Å². The number of furan rings is 1. The quantitative estimate of drug-likeness (QED) is 0.118. The van der Waals surface area contributed by atoms with Gasteiger partial charge < -0.3 is 25.1 Å². The molecule has 55 heavy (non-hydrogen) atoms. The summed E-state index contributed by atoms with van der Waals surface area (Å²) in [6.45, 7) is 9.39. The van der Waals surface area contributed by atoms with Gasteiger partial charge in [0.1, 0.15) is 29.2 Å². The lowest BCUT2D eigenvalue weighted by molar-refractivity contribution is -0.144. The standard InChI is InChI=1S/C45H50N4O6/c1-28-10-8-12-32(22-28)31-17-15-30(16-18-31)29(2)47-43(53)38-25-36(51)27-49(38)44(54)42(45(3,4)5)48-41(52)20-19-35(50)24-37(34-13-9-21-46-26-34)40-23-33-11-6-7-14-39(33)55-40/h6-18,21-23,26,29,36-38,42,51H,19-20,24-25,27H2,1-5H3,(H,47,53)(H,48,52)/t29-,36-,37?,38+,42-/m1/s1. The third kappa shape index (κ3) is 9.56. The number of rotatable bonds is 13. The summed E-state index contributed by atoms with van der Waals surface area (Å²) in [5.41, 5.74) is 5.07. The molecule has 10 heteroatoms. The first-order valence-corrected chi connectivity index (χ1v) is 18.9. The SMILES string of the molecule is Cc1cccc(-c2ccc([C@@H](C)NC(=O)[C@@H]3C[C@@H](O)CN3C(=O)[C@@H](NC(=O)CCC(=O)CC(c3cccnc3)c3cc4ccccc4o3)C(C)(C)C)cc2)c1. The maximum absolute atomic E-state index is 14.1. The molecule has 3 amide bonds. The van der Waals surface area contributed by atoms with Gasteiger partial charge in [-0.15, -0.1) is 0 Å². The van der Waals surface area contributed by atoms with Crippen molar-refractivity contribution in [3.05, 3.63) is 126 Å². The van der Waals surface area contributed by atoms with Crippen LogP contribution >= 0.6 is 0 Å². The molecule has 6 rings (SSSR count). The van der Waals surface area contributed by atoms with E-state index < -0.39 is 35.4 Å². The number of nitrogens with zero attached hydrogens (tertiary/aromatic N) is 2. The number of para-hydroxylation sites is 1. The summed E-state index contributed by atoms with van der Waals surface area (Å²) in [5.74, 6) is -1.17. The van der Waals surface area contributed by atoms with Crippen LogP contribution in [0.3, 0.4) is 0 Å². The van der Waals surface area contributed by atoms with Crippen LogP contribution < -0.4 is 10.6 Å². The average Bonchev–Trinajstić information content (AvgIpc) is 3.78. The second kappa shape index (κ2) is 16.8. The molecule has 3 heterocycles. The predicted molar refractivity (Wildman–Crippen MR) is 212 cm³/mol. The minimum absolute atomic E-state index is 0.0328. The zero-order valence-electron chi connectivity index (χ0n) is 32.1. The first-order valence-electron chi connectivity index (χ1n) is 18.9. The first kappa shape index (κ1) is 39.1. The first-order chi connectivity index (χ1) is 26.3. The molecule has 0 spiro atoms. The molecule has 286 valence electrons. The van der Waals surface area contributed by atoms with E-state index in [4.69, 9.17) is 4.42 Å². The number of pyridine rings is 1. The fourth-order valence-electron chi connectivity index (χ4n) is 7.26. The molecular formula is C45H50N4O6. The molecule has 2 aromatic heterocycles. The Labute approximate surface area is 322 Å². The molecule has 0 aliphatic carbocycles. The molecule has 0 saturated carbocycles. The smallest absolute Gasteiger partial charge is 0.246 e. The Morgan fingerprint density at radius 3 is 2.35 bits per heavy atom. The molecule has 0 radical (unpaired) electrons. The lowest BCUT2D eigenvalue weighted by atomic mass is 9.85. The highest BCUT2D eigenvalue weighted by atomic mass is 16.3. The van der Waals surface area contributed by atoms with Gasteiger partial charge in [0, 0.05) is 50.0 Å². The Morgan fingerprint density at radius 2 is 1.65 bits per heavy atom. The van der Waals surface area contributed by atoms with Crippen LogP contribution in [0.2, 0.25) is 0 Å². The van der Waals surface area contributed by atoms with Crippen molar-refractivity contribution in [3.8, 4) is 11.1 Å². The van der Waals surface area contributed by atoms with E-state index in [-0.39, 0.29) is 55.9 Å². The van der Waals surface area contributed by atoms with Crippen LogP contribution in [0.25, 0.3) is 22.1 Å². The minimum Gasteiger partial charge on any atom is -0.460 e. The number of hydrogen-bond donors (Lipinski definition) is 3. The molecule has 10 nitrogen and oxygen atoms in total. The van der Waals surface area contributed by atoms with E-state index in [0.717, 1.165) is 33.2 Å². The Morgan fingerprint density at radius 1 is 0.891 bits per heavy atom. The van der Waals surface area contributed by atoms with Crippen molar-refractivity contribution in [2.75, 3.05) is 6.54 Å². The van der Waals surface area contributed by atoms with Gasteiger partial charge in [0.2, 0.25) is 17.7 Å². The number of benzene rings is 3. The van der Waals surface area contributed by atoms with E-state index >= 15 is 0 Å². The number of aromatic nitrogens is 1. The highest BCUT2D eigenvalue weighted by Crippen LogP contribution is 2.33. The predicted octanol–water partition coefficient (Wildman–Crippen LogP) is 7.04. The van der Waals surface area contributed by atoms with Crippen molar-refractivity contribution in [1.82, 2.24) is 20.5 Å². The monoisotopic (exact) mass is 742 g/mol. The van der Waals surface area contributed by atoms with Gasteiger partial charge in [0.05, 0.1) is 18.1 Å². The summed E-state index contributed by atoms with van der Waals surface area (Å²) in [6.07, 6.45) is 2.53. The third-order valence-corrected chi connectivity index (χ3v) is 10.3. The number of nitrogens with one attached hydrogen (secondary N) is 2. The number of aliphatic hydroxyl groups is 1. The van der Waals surface area contributed by atoms with Crippen LogP contribution in [0.5, 0.6) is 0 Å². The fraction of sp³-hybridized carbons (Fsp3) is 0.356. The van der Waals surface area contributed by atoms with Gasteiger partial charge in [0.15, 0.2) is 0 Å². The lowest BCUT2D eigenvalue weighted by Crippen LogP contribution is -2.57. The second-order valence-electron chi connectivity index (χ2n) is 15.8. The number of Topliss-reactive ketones (excluding diaryl/α,β-unsaturated/α-hetero) is 1. The maximum atomic E-state index is 14.1. The van der Waals surface area contributed by atoms with E-state index in [2.05, 4.69) is 40.7 Å². The maximum Gasteiger partial charge on any atom is 0.246 e. The molecule has 5 aromatic rings. The van der Waals surface area contributed by atoms with Gasteiger partial charge in [-0.25, -0.2) is 0 Å². The van der Waals surface area contributed by atoms with Crippen molar-refractivity contribution >= 4 is 34.5 Å². The summed E-state index contributed by atoms with van der Waals surface area (Å²) < 4.78 is 6.13. The molecule has 5 atom stereocenters. The summed E-state index contributed by atoms with van der Waals surface area (Å²) in [6, 6.07) is 27.3. The summed E-state index contributed by atoms with van der Waals surface area (Å²) in [7, 11) is 0. The zero-order chi connectivity index (χ0) is 39.3. The van der Waals surface area contributed by atoms with E-state index in [9.17, 15) is 24.3 Å². The normalized spacial score (nSPS) is 17.4. The minimum atomic E-state index is -0.999. The number of ketones is 1. The summed E-state index contributed by atoms with van der Waals surface area (Å²) in [5, 5.41) is 17.5. The second-order valence-corrected chi connectivity index (χ2v) is 15.8. The number of fused-ring (bicyclic) bond motifs is 1. The Kier molecular flexibility index (Phi) is 12.0. The van der Waals surface area contributed by atoms with Crippen LogP contribution in [-0.4, -0.2) is 63.2 Å². The topological polar surface area (TPSA) is 142 Å². The van der Waals surface area contributed by atoms with Gasteiger partial charge in [-0.2, -0.15) is 0 Å². The van der Waals surface area contributed by atoms with E-state index in [1.807, 2.05) is 100 Å². The van der Waals surface area contributed by atoms with Gasteiger partial charge in [-0.05, 0) is 59.7 Å². The number of β-amino-alcohol motifs (C(OH)–C–C–N with tert-alkyl or cyclic N) is 1. The number of amides is 3. The van der Waals surface area contributed by atoms with Crippen LogP contribution in [-0.2, 0) is 19.2 Å². The summed E-state index contributed by atoms with van der Waals surface area (Å²) in [4.78, 5) is 60.2. The van der Waals surface area contributed by atoms with Crippen LogP contribution in [0.15, 0.2) is 108 Å². The fourth-order valence-corrected chi connectivity index (χ4v) is 7.26. The molecule has 3 N–H and O–H groups in total. The molecule has 1 unspecified atom stereocenters. The van der Waals surface area contributed by atoms with Crippen molar-refractivity contribution in [1.29, 1.82) is 0 Å². The van der Waals surface area contributed by atoms with Gasteiger partial charge >= 0.3 is 0 Å². The average molecular weight is 743 g/mol. The van der Waals surface area contributed by atoms with Gasteiger partial charge in [-0.3, -0.25) is 24.2 Å². The van der Waals surface area contributed by atoms with Crippen LogP contribution in [0.4, 0.5) is 0 Å². The zero-order valence-corrected chi connectivity index (χ0v) is 32.1. The molecule has 0 bridgehead atoms. The summed E-state index contributed by atoms with van der Waals surface area (Å²) >= 11 is 0. The number of carbonyl (C=O) groups excluding carboxylic acids is 4. The Balaban J connectivity index is 1.08. The van der Waals surface area contributed by atoms with E-state index in [1.54, 1.807) is 12.4 Å². The molecule has 1 aliphatic rings. The van der Waals surface area contributed by atoms with Crippen LogP contribution in [0.1, 0.15) is 87.8 Å². The van der Waals surface area contributed by atoms with Crippen molar-refractivity contribution in [2.24, 2.45) is 5.41 Å². The lowest BCUT2D eigenvalue weighted by Gasteiger charge is -2.35. The van der Waals surface area contributed by atoms with E-state index in [1.165, 1.54) is 10.5 Å². The number of hydrogen-bond acceptors (Lipinski definition) is 7. The van der Waals surface area contributed by atoms with Gasteiger partial charge in [0.25, 0.3) is 0 Å². The van der Waals surface area contributed by atoms with E-state index in [0.29, 0.717) is 5.76 Å². The van der Waals surface area contributed by atoms with Crippen molar-refractivity contribution in [3.63, 3.8) is 0 Å². The number of aliphatic hydroxyl groups excluding tert-OH is 1. The number of likely N-dealkylation sites (tertiary alicyclic amines) is 1. The molecular weight excluding hydrogens is 693 g/mol. The highest BCUT2D eigenvalue weighted by molar-refractivity contribution is 5.94. The largest absolute Gasteiger partial charge is 0.460 e. The molecule has 1 fully saturated rings. The van der Waals surface area contributed by atoms with Gasteiger partial charge in [-0.1, -0.05) is 99.1 Å². The molecule has 1 aliphatic heterocycles. The van der Waals surface area contributed by atoms with Crippen molar-refractivity contribution < 1.29 is 28.7 Å². The third-order valence-electron chi connectivity index (χ3n) is 10.3.